The zero-order valence-electron chi connectivity index (χ0n) is 5.44. The molecule has 0 atom stereocenters. The van der Waals surface area contributed by atoms with Crippen LogP contribution in [0.15, 0.2) is 4.40 Å². The van der Waals surface area contributed by atoms with Crippen molar-refractivity contribution in [2.24, 2.45) is 4.40 Å². The summed E-state index contributed by atoms with van der Waals surface area (Å²) in [5, 5.41) is 0. The largest absolute Gasteiger partial charge is 0.453 e. The molecule has 0 aliphatic heterocycles. The van der Waals surface area contributed by atoms with Crippen LogP contribution in [0.25, 0.3) is 0 Å². The van der Waals surface area contributed by atoms with Gasteiger partial charge in [0.05, 0.1) is 14.2 Å². The first-order valence-electron chi connectivity index (χ1n) is 2.15. The monoisotopic (exact) mass is 169 g/mol. The summed E-state index contributed by atoms with van der Waals surface area (Å²) in [5.74, 6) is 0. The summed E-state index contributed by atoms with van der Waals surface area (Å²) >= 11 is 0. The van der Waals surface area contributed by atoms with Crippen LogP contribution in [-0.2, 0) is 19.8 Å². The molecule has 0 aliphatic carbocycles. The van der Waals surface area contributed by atoms with E-state index < -0.39 is 16.4 Å². The molecule has 0 aromatic carbocycles. The second-order valence-electron chi connectivity index (χ2n) is 1.21. The molecule has 0 aromatic heterocycles. The van der Waals surface area contributed by atoms with Crippen molar-refractivity contribution >= 4 is 16.4 Å². The van der Waals surface area contributed by atoms with Gasteiger partial charge in [-0.2, -0.15) is 8.42 Å². The Bertz CT molecular complexity index is 211. The molecule has 0 unspecified atom stereocenters. The fourth-order valence-corrected chi connectivity index (χ4v) is 0.590. The van der Waals surface area contributed by atoms with Gasteiger partial charge in [0.1, 0.15) is 0 Å². The van der Waals surface area contributed by atoms with Gasteiger partial charge >= 0.3 is 16.4 Å². The van der Waals surface area contributed by atoms with Crippen LogP contribution < -0.4 is 0 Å². The Hall–Kier alpha value is -0.820. The molecule has 0 saturated heterocycles. The Morgan fingerprint density at radius 1 is 1.40 bits per heavy atom. The van der Waals surface area contributed by atoms with Gasteiger partial charge in [-0.3, -0.25) is 4.55 Å². The van der Waals surface area contributed by atoms with Crippen molar-refractivity contribution in [3.63, 3.8) is 0 Å². The standard InChI is InChI=1S/C3H7NO5S/c1-8-3(9-2)4-10(5,6)7/h1-2H3,(H,5,6,7). The van der Waals surface area contributed by atoms with Gasteiger partial charge < -0.3 is 9.47 Å². The maximum Gasteiger partial charge on any atom is 0.400 e. The summed E-state index contributed by atoms with van der Waals surface area (Å²) in [5.41, 5.74) is 0. The van der Waals surface area contributed by atoms with Gasteiger partial charge in [-0.1, -0.05) is 4.40 Å². The van der Waals surface area contributed by atoms with E-state index in [-0.39, 0.29) is 0 Å². The normalized spacial score (nSPS) is 10.3. The Morgan fingerprint density at radius 2 is 1.80 bits per heavy atom. The first kappa shape index (κ1) is 9.18. The fraction of sp³-hybridized carbons (Fsp3) is 0.667. The Labute approximate surface area is 58.4 Å². The molecule has 0 rings (SSSR count). The van der Waals surface area contributed by atoms with Crippen molar-refractivity contribution in [1.82, 2.24) is 0 Å². The number of nitrogens with zero attached hydrogens (tertiary/aromatic N) is 1. The minimum atomic E-state index is -4.41. The average Bonchev–Trinajstić information content (AvgIpc) is 1.81. The highest BCUT2D eigenvalue weighted by Gasteiger charge is 2.04. The summed E-state index contributed by atoms with van der Waals surface area (Å²) in [6.07, 6.45) is -0.512. The molecule has 0 heterocycles. The van der Waals surface area contributed by atoms with E-state index in [2.05, 4.69) is 13.9 Å². The highest BCUT2D eigenvalue weighted by atomic mass is 32.2. The smallest absolute Gasteiger partial charge is 0.400 e. The summed E-state index contributed by atoms with van der Waals surface area (Å²) in [6, 6.07) is 0. The molecule has 1 N–H and O–H groups in total. The van der Waals surface area contributed by atoms with E-state index >= 15 is 0 Å². The Balaban J connectivity index is 4.42. The molecule has 0 fully saturated rings. The molecule has 0 saturated carbocycles. The third-order valence-corrected chi connectivity index (χ3v) is 0.919. The molecule has 0 aromatic rings. The van der Waals surface area contributed by atoms with E-state index in [1.165, 1.54) is 0 Å². The zero-order chi connectivity index (χ0) is 8.20. The summed E-state index contributed by atoms with van der Waals surface area (Å²) in [4.78, 5) is 0. The maximum atomic E-state index is 9.97. The quantitative estimate of drug-likeness (QED) is 0.323. The number of hydrogen-bond donors (Lipinski definition) is 1. The molecule has 6 nitrogen and oxygen atoms in total. The molecule has 60 valence electrons. The molecule has 10 heavy (non-hydrogen) atoms. The number of methoxy groups -OCH3 is 2. The lowest BCUT2D eigenvalue weighted by Crippen LogP contribution is -2.07. The van der Waals surface area contributed by atoms with E-state index in [1.54, 1.807) is 0 Å². The first-order chi connectivity index (χ1) is 4.49. The van der Waals surface area contributed by atoms with Crippen LogP contribution in [0, 0.1) is 0 Å². The fourth-order valence-electron chi connectivity index (χ4n) is 0.252. The Kier molecular flexibility index (Phi) is 3.10. The van der Waals surface area contributed by atoms with E-state index in [4.69, 9.17) is 4.55 Å². The molecular weight excluding hydrogens is 162 g/mol. The molecular formula is C3H7NO5S. The molecule has 0 amide bonds. The second-order valence-corrected chi connectivity index (χ2v) is 2.29. The lowest BCUT2D eigenvalue weighted by Gasteiger charge is -1.98. The van der Waals surface area contributed by atoms with Crippen molar-refractivity contribution in [2.45, 2.75) is 0 Å². The summed E-state index contributed by atoms with van der Waals surface area (Å²) in [7, 11) is -2.09. The van der Waals surface area contributed by atoms with Crippen molar-refractivity contribution in [1.29, 1.82) is 0 Å². The van der Waals surface area contributed by atoms with Crippen molar-refractivity contribution in [3.8, 4) is 0 Å². The lowest BCUT2D eigenvalue weighted by molar-refractivity contribution is 0.243. The summed E-state index contributed by atoms with van der Waals surface area (Å²) in [6.45, 7) is 0. The summed E-state index contributed by atoms with van der Waals surface area (Å²) < 4.78 is 39.2. The molecule has 0 aliphatic rings. The van der Waals surface area contributed by atoms with E-state index in [9.17, 15) is 8.42 Å². The van der Waals surface area contributed by atoms with E-state index in [0.29, 0.717) is 0 Å². The number of ether oxygens (including phenoxy) is 2. The molecule has 0 spiro atoms. The van der Waals surface area contributed by atoms with E-state index in [0.717, 1.165) is 14.2 Å². The van der Waals surface area contributed by atoms with Crippen molar-refractivity contribution < 1.29 is 22.4 Å². The highest BCUT2D eigenvalue weighted by molar-refractivity contribution is 7.84. The predicted octanol–water partition coefficient (Wildman–Crippen LogP) is -0.562. The van der Waals surface area contributed by atoms with Crippen LogP contribution in [-0.4, -0.2) is 33.3 Å². The second kappa shape index (κ2) is 3.37. The highest BCUT2D eigenvalue weighted by Crippen LogP contribution is 1.88. The minimum absolute atomic E-state index is 0.512. The van der Waals surface area contributed by atoms with Crippen molar-refractivity contribution in [2.75, 3.05) is 14.2 Å². The lowest BCUT2D eigenvalue weighted by atomic mass is 11.2. The third-order valence-electron chi connectivity index (χ3n) is 0.539. The average molecular weight is 169 g/mol. The van der Waals surface area contributed by atoms with Crippen LogP contribution in [0.5, 0.6) is 0 Å². The SMILES string of the molecule is COC(=NS(=O)(=O)O)OC. The van der Waals surface area contributed by atoms with Crippen LogP contribution in [0.4, 0.5) is 0 Å². The number of hydrogen-bond acceptors (Lipinski definition) is 4. The minimum Gasteiger partial charge on any atom is -0.453 e. The van der Waals surface area contributed by atoms with Gasteiger partial charge in [0.15, 0.2) is 0 Å². The van der Waals surface area contributed by atoms with E-state index in [1.807, 2.05) is 0 Å². The zero-order valence-corrected chi connectivity index (χ0v) is 6.25. The van der Waals surface area contributed by atoms with Gasteiger partial charge in [0, 0.05) is 0 Å². The van der Waals surface area contributed by atoms with Gasteiger partial charge in [-0.05, 0) is 0 Å². The maximum absolute atomic E-state index is 9.97. The molecule has 0 radical (unpaired) electrons. The topological polar surface area (TPSA) is 85.2 Å². The Morgan fingerprint density at radius 3 is 1.90 bits per heavy atom. The van der Waals surface area contributed by atoms with Gasteiger partial charge in [-0.25, -0.2) is 0 Å². The van der Waals surface area contributed by atoms with Crippen LogP contribution >= 0.6 is 0 Å². The van der Waals surface area contributed by atoms with Gasteiger partial charge in [0.2, 0.25) is 0 Å². The van der Waals surface area contributed by atoms with Crippen LogP contribution in [0.1, 0.15) is 0 Å². The predicted molar refractivity (Wildman–Crippen MR) is 33.0 cm³/mol. The van der Waals surface area contributed by atoms with Crippen molar-refractivity contribution in [3.05, 3.63) is 0 Å². The third kappa shape index (κ3) is 4.10. The van der Waals surface area contributed by atoms with Crippen LogP contribution in [0.3, 0.4) is 0 Å². The molecule has 0 bridgehead atoms. The van der Waals surface area contributed by atoms with Crippen LogP contribution in [0.2, 0.25) is 0 Å². The van der Waals surface area contributed by atoms with Gasteiger partial charge in [0.25, 0.3) is 0 Å². The van der Waals surface area contributed by atoms with Gasteiger partial charge in [-0.15, -0.1) is 0 Å². The number of rotatable bonds is 1. The first-order valence-corrected chi connectivity index (χ1v) is 3.54. The molecule has 7 heteroatoms.